The van der Waals surface area contributed by atoms with Gasteiger partial charge >= 0.3 is 31.7 Å². The molecule has 0 amide bonds. The van der Waals surface area contributed by atoms with Gasteiger partial charge in [0.15, 0.2) is 24.8 Å². The van der Waals surface area contributed by atoms with Crippen LogP contribution in [-0.2, 0) is 70.7 Å². The van der Waals surface area contributed by atoms with Gasteiger partial charge in [0.05, 0.1) is 13.2 Å². The molecule has 3 aliphatic rings. The number of aliphatic hydroxyl groups is 9. The highest BCUT2D eigenvalue weighted by molar-refractivity contribution is 7.47. The minimum Gasteiger partial charge on any atom is -0.463 e. The molecule has 18 atom stereocenters. The minimum absolute atomic E-state index is 0.0203. The van der Waals surface area contributed by atoms with Crippen molar-refractivity contribution in [2.45, 2.75) is 536 Å². The largest absolute Gasteiger partial charge is 0.472 e. The smallest absolute Gasteiger partial charge is 0.463 e. The van der Waals surface area contributed by atoms with Gasteiger partial charge in [-0.25, -0.2) is 4.57 Å². The lowest BCUT2D eigenvalue weighted by Crippen LogP contribution is -2.70. The number of hydrogen-bond acceptors (Lipinski definition) is 24. The third kappa shape index (κ3) is 51.2. The molecule has 26 heteroatoms. The number of rotatable bonds is 79. The van der Waals surface area contributed by atoms with Crippen LogP contribution in [0.15, 0.2) is 0 Å². The highest BCUT2D eigenvalue weighted by Crippen LogP contribution is 2.49. The highest BCUT2D eigenvalue weighted by atomic mass is 31.2. The topological polar surface area (TPSA) is 380 Å². The molecule has 2 aliphatic heterocycles. The molecule has 118 heavy (non-hydrogen) atoms. The molecule has 25 nitrogen and oxygen atoms in total. The van der Waals surface area contributed by atoms with E-state index in [9.17, 15) is 74.6 Å². The average molecular weight is 1710 g/mol. The molecule has 0 bridgehead atoms. The Kier molecular flexibility index (Phi) is 66.5. The van der Waals surface area contributed by atoms with Gasteiger partial charge in [0.1, 0.15) is 92.6 Å². The number of carbonyl (C=O) groups excluding carboxylic acids is 4. The van der Waals surface area contributed by atoms with Crippen LogP contribution in [0, 0.1) is 0 Å². The van der Waals surface area contributed by atoms with Gasteiger partial charge in [-0.2, -0.15) is 0 Å². The number of carbonyl (C=O) groups is 4. The summed E-state index contributed by atoms with van der Waals surface area (Å²) in [4.78, 5) is 66.5. The molecule has 0 radical (unpaired) electrons. The quantitative estimate of drug-likeness (QED) is 0.0117. The minimum atomic E-state index is -5.80. The Morgan fingerprint density at radius 3 is 0.924 bits per heavy atom. The van der Waals surface area contributed by atoms with Crippen LogP contribution in [0.25, 0.3) is 0 Å². The SMILES string of the molecule is CCCCCCCCCCCCCCCCCCC(=O)OCC(COP(=O)(O)OC1C(OC2OC(CO)C(O)C(O)C2O)C(O)C(O)C(OC(=O)CCCCCCCCCCCCCCC)C1OC1OC(COC(=O)CCCCCCCCCCCCCCCCC)C(O)C(O)C1O)OC(=O)CCCCCCCCCCCCCCCCC. The van der Waals surface area contributed by atoms with Gasteiger partial charge in [-0.05, 0) is 25.7 Å². The van der Waals surface area contributed by atoms with Crippen molar-refractivity contribution in [1.82, 2.24) is 0 Å². The van der Waals surface area contributed by atoms with Crippen LogP contribution in [0.2, 0.25) is 0 Å². The Bertz CT molecular complexity index is 2450. The van der Waals surface area contributed by atoms with E-state index in [2.05, 4.69) is 27.7 Å². The first-order chi connectivity index (χ1) is 57.2. The first-order valence-electron chi connectivity index (χ1n) is 48.3. The number of ether oxygens (including phenoxy) is 8. The van der Waals surface area contributed by atoms with Crippen LogP contribution in [-0.4, -0.2) is 205 Å². The van der Waals surface area contributed by atoms with E-state index in [1.807, 2.05) is 0 Å². The third-order valence-electron chi connectivity index (χ3n) is 23.9. The summed E-state index contributed by atoms with van der Waals surface area (Å²) in [7, 11) is -5.80. The van der Waals surface area contributed by atoms with E-state index in [0.29, 0.717) is 32.1 Å². The molecule has 1 saturated carbocycles. The Labute approximate surface area is 712 Å². The van der Waals surface area contributed by atoms with Crippen LogP contribution in [0.4, 0.5) is 0 Å². The van der Waals surface area contributed by atoms with Crippen molar-refractivity contribution in [1.29, 1.82) is 0 Å². The number of phosphoric acid groups is 1. The summed E-state index contributed by atoms with van der Waals surface area (Å²) in [6.07, 6.45) is 29.4. The maximum absolute atomic E-state index is 14.9. The van der Waals surface area contributed by atoms with E-state index in [0.717, 1.165) is 128 Å². The summed E-state index contributed by atoms with van der Waals surface area (Å²) in [6.45, 7) is 5.65. The van der Waals surface area contributed by atoms with E-state index in [4.69, 9.17) is 46.9 Å². The summed E-state index contributed by atoms with van der Waals surface area (Å²) in [6, 6.07) is 0. The summed E-state index contributed by atoms with van der Waals surface area (Å²) >= 11 is 0. The first-order valence-corrected chi connectivity index (χ1v) is 49.8. The summed E-state index contributed by atoms with van der Waals surface area (Å²) in [5.41, 5.74) is 0. The van der Waals surface area contributed by atoms with Gasteiger partial charge in [0, 0.05) is 25.7 Å². The molecule has 0 aromatic carbocycles. The van der Waals surface area contributed by atoms with E-state index >= 15 is 0 Å². The lowest BCUT2D eigenvalue weighted by molar-refractivity contribution is -0.360. The van der Waals surface area contributed by atoms with Crippen LogP contribution in [0.3, 0.4) is 0 Å². The molecule has 0 spiro atoms. The molecule has 10 N–H and O–H groups in total. The fraction of sp³-hybridized carbons (Fsp3) is 0.957. The van der Waals surface area contributed by atoms with Gasteiger partial charge in [0.25, 0.3) is 0 Å². The third-order valence-corrected chi connectivity index (χ3v) is 24.8. The Balaban J connectivity index is 1.90. The standard InChI is InChI=1S/C92H173O25P/c1-5-9-13-17-21-25-29-33-36-39-42-44-48-52-56-60-64-75(94)108-69-72(111-77(96)66-62-58-54-50-47-43-38-35-31-27-23-19-15-11-7-3)70-110-118(106,107)117-90-88(115-91-85(104)81(100)79(98)73(68-93)112-91)84(103)83(102)87(114-78(97)67-63-59-55-51-46-40-32-28-24-20-16-12-8-4)89(90)116-92-86(105)82(101)80(99)74(113-92)71-109-76(95)65-61-57-53-49-45-41-37-34-30-26-22-18-14-10-6-2/h72-74,79-93,98-105H,5-71H2,1-4H3,(H,106,107). The van der Waals surface area contributed by atoms with Crippen LogP contribution in [0.1, 0.15) is 432 Å². The van der Waals surface area contributed by atoms with Crippen molar-refractivity contribution in [2.24, 2.45) is 0 Å². The summed E-state index contributed by atoms with van der Waals surface area (Å²) < 4.78 is 73.5. The van der Waals surface area contributed by atoms with Crippen molar-refractivity contribution >= 4 is 31.7 Å². The second kappa shape index (κ2) is 71.6. The maximum atomic E-state index is 14.9. The molecule has 3 rings (SSSR count). The fourth-order valence-electron chi connectivity index (χ4n) is 16.2. The van der Waals surface area contributed by atoms with E-state index in [1.54, 1.807) is 0 Å². The van der Waals surface area contributed by atoms with Crippen molar-refractivity contribution in [3.63, 3.8) is 0 Å². The van der Waals surface area contributed by atoms with Crippen LogP contribution in [0.5, 0.6) is 0 Å². The molecule has 0 aromatic heterocycles. The van der Waals surface area contributed by atoms with Gasteiger partial charge in [-0.3, -0.25) is 28.2 Å². The monoisotopic (exact) mass is 1710 g/mol. The summed E-state index contributed by atoms with van der Waals surface area (Å²) in [5, 5.41) is 102. The van der Waals surface area contributed by atoms with Gasteiger partial charge in [0.2, 0.25) is 0 Å². The van der Waals surface area contributed by atoms with E-state index in [1.165, 1.54) is 218 Å². The predicted molar refractivity (Wildman–Crippen MR) is 458 cm³/mol. The second-order valence-electron chi connectivity index (χ2n) is 34.6. The molecule has 2 heterocycles. The van der Waals surface area contributed by atoms with Crippen LogP contribution >= 0.6 is 7.82 Å². The van der Waals surface area contributed by atoms with Crippen molar-refractivity contribution in [3.8, 4) is 0 Å². The van der Waals surface area contributed by atoms with Crippen LogP contribution < -0.4 is 0 Å². The van der Waals surface area contributed by atoms with Gasteiger partial charge in [-0.1, -0.05) is 381 Å². The van der Waals surface area contributed by atoms with E-state index < -0.39 is 162 Å². The summed E-state index contributed by atoms with van der Waals surface area (Å²) in [5.74, 6) is -2.94. The number of unbranched alkanes of at least 4 members (excludes halogenated alkanes) is 55. The van der Waals surface area contributed by atoms with Gasteiger partial charge in [-0.15, -0.1) is 0 Å². The lowest BCUT2D eigenvalue weighted by atomic mass is 9.84. The highest BCUT2D eigenvalue weighted by Gasteiger charge is 2.60. The maximum Gasteiger partial charge on any atom is 0.472 e. The zero-order valence-electron chi connectivity index (χ0n) is 74.2. The number of phosphoric ester groups is 1. The number of hydrogen-bond donors (Lipinski definition) is 10. The molecular formula is C92H173O25P. The number of aliphatic hydroxyl groups excluding tert-OH is 9. The van der Waals surface area contributed by atoms with E-state index in [-0.39, 0.29) is 25.7 Å². The molecule has 3 fully saturated rings. The molecule has 1 aliphatic carbocycles. The molecule has 18 unspecified atom stereocenters. The zero-order valence-corrected chi connectivity index (χ0v) is 75.1. The molecule has 696 valence electrons. The second-order valence-corrected chi connectivity index (χ2v) is 36.0. The Morgan fingerprint density at radius 1 is 0.305 bits per heavy atom. The molecule has 0 aromatic rings. The predicted octanol–water partition coefficient (Wildman–Crippen LogP) is 18.2. The lowest BCUT2D eigenvalue weighted by Gasteiger charge is -2.50. The Morgan fingerprint density at radius 2 is 0.585 bits per heavy atom. The fourth-order valence-corrected chi connectivity index (χ4v) is 17.2. The van der Waals surface area contributed by atoms with Crippen molar-refractivity contribution < 1.29 is 122 Å². The van der Waals surface area contributed by atoms with Crippen molar-refractivity contribution in [2.75, 3.05) is 26.4 Å². The zero-order chi connectivity index (χ0) is 86.1. The average Bonchev–Trinajstić information content (AvgIpc) is 0.754. The molecular weight excluding hydrogens is 1540 g/mol. The van der Waals surface area contributed by atoms with Gasteiger partial charge < -0.3 is 88.7 Å². The number of esters is 4. The normalized spacial score (nSPS) is 24.9. The Hall–Kier alpha value is -2.53. The molecule has 2 saturated heterocycles. The first kappa shape index (κ1) is 110. The van der Waals surface area contributed by atoms with Crippen molar-refractivity contribution in [3.05, 3.63) is 0 Å².